The molecule has 32 heavy (non-hydrogen) atoms. The Morgan fingerprint density at radius 3 is 2.72 bits per heavy atom. The van der Waals surface area contributed by atoms with E-state index in [1.807, 2.05) is 0 Å². The molecule has 0 spiro atoms. The average Bonchev–Trinajstić information content (AvgIpc) is 2.67. The van der Waals surface area contributed by atoms with E-state index in [0.717, 1.165) is 24.2 Å². The Labute approximate surface area is 188 Å². The summed E-state index contributed by atoms with van der Waals surface area (Å²) in [6.07, 6.45) is -0.251. The summed E-state index contributed by atoms with van der Waals surface area (Å²) in [6, 6.07) is 5.04. The standard InChI is InChI=1S/C19H22F2N4O5S2/c1-3-29-18(26)12(2)30-16-10-15(24-32(27,28)25-8-5-9-25)22-19(23-16)31-11-13-6-4-7-14(20)17(13)21/h4,6-7,10,12H,3,5,8-9,11H2,1-2H3,(H,22,23,24). The quantitative estimate of drug-likeness (QED) is 0.309. The highest BCUT2D eigenvalue weighted by Crippen LogP contribution is 2.27. The minimum atomic E-state index is -3.82. The third-order valence-corrected chi connectivity index (χ3v) is 6.78. The van der Waals surface area contributed by atoms with Gasteiger partial charge in [-0.3, -0.25) is 4.72 Å². The Morgan fingerprint density at radius 1 is 1.31 bits per heavy atom. The van der Waals surface area contributed by atoms with E-state index in [4.69, 9.17) is 9.47 Å². The molecule has 0 saturated carbocycles. The highest BCUT2D eigenvalue weighted by atomic mass is 32.2. The van der Waals surface area contributed by atoms with Crippen LogP contribution in [0.4, 0.5) is 14.6 Å². The van der Waals surface area contributed by atoms with Gasteiger partial charge in [0.1, 0.15) is 5.82 Å². The molecule has 3 rings (SSSR count). The van der Waals surface area contributed by atoms with Gasteiger partial charge < -0.3 is 9.47 Å². The van der Waals surface area contributed by atoms with Crippen LogP contribution in [0.1, 0.15) is 25.8 Å². The van der Waals surface area contributed by atoms with E-state index in [1.165, 1.54) is 29.4 Å². The highest BCUT2D eigenvalue weighted by molar-refractivity contribution is 7.98. The molecule has 1 aliphatic heterocycles. The molecule has 1 unspecified atom stereocenters. The van der Waals surface area contributed by atoms with E-state index < -0.39 is 33.9 Å². The van der Waals surface area contributed by atoms with Crippen LogP contribution < -0.4 is 9.46 Å². The minimum absolute atomic E-state index is 0.0151. The van der Waals surface area contributed by atoms with Crippen molar-refractivity contribution in [1.29, 1.82) is 0 Å². The number of rotatable bonds is 10. The zero-order valence-electron chi connectivity index (χ0n) is 17.4. The Morgan fingerprint density at radius 2 is 2.06 bits per heavy atom. The summed E-state index contributed by atoms with van der Waals surface area (Å²) in [5.74, 6) is -2.76. The fraction of sp³-hybridized carbons (Fsp3) is 0.421. The third kappa shape index (κ3) is 6.04. The van der Waals surface area contributed by atoms with Crippen LogP contribution >= 0.6 is 11.8 Å². The van der Waals surface area contributed by atoms with E-state index >= 15 is 0 Å². The molecule has 174 valence electrons. The average molecular weight is 489 g/mol. The van der Waals surface area contributed by atoms with Crippen LogP contribution in [-0.2, 0) is 25.5 Å². The van der Waals surface area contributed by atoms with Crippen molar-refractivity contribution in [2.24, 2.45) is 0 Å². The van der Waals surface area contributed by atoms with Crippen LogP contribution in [0.25, 0.3) is 0 Å². The fourth-order valence-corrected chi connectivity index (χ4v) is 4.66. The topological polar surface area (TPSA) is 111 Å². The SMILES string of the molecule is CCOC(=O)C(C)Oc1cc(NS(=O)(=O)N2CCC2)nc(SCc2cccc(F)c2F)n1. The minimum Gasteiger partial charge on any atom is -0.463 e. The lowest BCUT2D eigenvalue weighted by Crippen LogP contribution is -2.45. The predicted molar refractivity (Wildman–Crippen MR) is 113 cm³/mol. The maximum absolute atomic E-state index is 14.0. The summed E-state index contributed by atoms with van der Waals surface area (Å²) in [5, 5.41) is 0.0449. The van der Waals surface area contributed by atoms with Crippen molar-refractivity contribution in [3.63, 3.8) is 0 Å². The van der Waals surface area contributed by atoms with E-state index in [1.54, 1.807) is 6.92 Å². The predicted octanol–water partition coefficient (Wildman–Crippen LogP) is 2.74. The number of hydrogen-bond acceptors (Lipinski definition) is 8. The number of hydrogen-bond donors (Lipinski definition) is 1. The molecule has 13 heteroatoms. The number of thioether (sulfide) groups is 1. The van der Waals surface area contributed by atoms with Gasteiger partial charge in [-0.25, -0.2) is 18.6 Å². The molecule has 1 N–H and O–H groups in total. The van der Waals surface area contributed by atoms with Crippen molar-refractivity contribution in [2.45, 2.75) is 37.3 Å². The largest absolute Gasteiger partial charge is 0.463 e. The first-order valence-corrected chi connectivity index (χ1v) is 12.2. The summed E-state index contributed by atoms with van der Waals surface area (Å²) in [6.45, 7) is 4.06. The molecule has 0 aliphatic carbocycles. The molecule has 9 nitrogen and oxygen atoms in total. The molecule has 1 aliphatic rings. The zero-order chi connectivity index (χ0) is 23.3. The van der Waals surface area contributed by atoms with Gasteiger partial charge >= 0.3 is 16.2 Å². The maximum atomic E-state index is 14.0. The molecule has 0 radical (unpaired) electrons. The summed E-state index contributed by atoms with van der Waals surface area (Å²) in [5.41, 5.74) is 0.0903. The Hall–Kier alpha value is -2.51. The molecule has 2 aromatic rings. The Kier molecular flexibility index (Phi) is 7.85. The lowest BCUT2D eigenvalue weighted by molar-refractivity contribution is -0.150. The highest BCUT2D eigenvalue weighted by Gasteiger charge is 2.28. The van der Waals surface area contributed by atoms with Crippen LogP contribution in [0.2, 0.25) is 0 Å². The van der Waals surface area contributed by atoms with Crippen molar-refractivity contribution >= 4 is 33.8 Å². The molecule has 1 aromatic carbocycles. The van der Waals surface area contributed by atoms with Crippen LogP contribution in [0.5, 0.6) is 5.88 Å². The van der Waals surface area contributed by atoms with Gasteiger partial charge in [0.25, 0.3) is 0 Å². The number of nitrogens with one attached hydrogen (secondary N) is 1. The number of benzene rings is 1. The summed E-state index contributed by atoms with van der Waals surface area (Å²) >= 11 is 0.951. The monoisotopic (exact) mass is 488 g/mol. The molecule has 2 heterocycles. The molecule has 1 atom stereocenters. The fourth-order valence-electron chi connectivity index (χ4n) is 2.60. The van der Waals surface area contributed by atoms with Gasteiger partial charge in [0.2, 0.25) is 5.88 Å². The van der Waals surface area contributed by atoms with E-state index in [-0.39, 0.29) is 34.8 Å². The number of ether oxygens (including phenoxy) is 2. The van der Waals surface area contributed by atoms with Crippen LogP contribution in [-0.4, -0.2) is 54.5 Å². The molecule has 1 fully saturated rings. The van der Waals surface area contributed by atoms with E-state index in [9.17, 15) is 22.0 Å². The molecular formula is C19H22F2N4O5S2. The number of anilines is 1. The number of halogens is 2. The van der Waals surface area contributed by atoms with E-state index in [0.29, 0.717) is 13.1 Å². The Bertz CT molecular complexity index is 1080. The lowest BCUT2D eigenvalue weighted by Gasteiger charge is -2.29. The van der Waals surface area contributed by atoms with Gasteiger partial charge in [0, 0.05) is 30.5 Å². The third-order valence-electron chi connectivity index (χ3n) is 4.38. The second-order valence-electron chi connectivity index (χ2n) is 6.75. The Balaban J connectivity index is 1.83. The van der Waals surface area contributed by atoms with Gasteiger partial charge in [0.05, 0.1) is 6.61 Å². The molecule has 1 saturated heterocycles. The van der Waals surface area contributed by atoms with Gasteiger partial charge in [0.15, 0.2) is 22.9 Å². The van der Waals surface area contributed by atoms with Crippen molar-refractivity contribution in [1.82, 2.24) is 14.3 Å². The molecule has 1 aromatic heterocycles. The second kappa shape index (κ2) is 10.4. The van der Waals surface area contributed by atoms with Crippen molar-refractivity contribution < 1.29 is 31.5 Å². The number of nitrogens with zero attached hydrogens (tertiary/aromatic N) is 3. The molecule has 0 amide bonds. The number of carbonyl (C=O) groups excluding carboxylic acids is 1. The smallest absolute Gasteiger partial charge is 0.347 e. The van der Waals surface area contributed by atoms with Crippen molar-refractivity contribution in [2.75, 3.05) is 24.4 Å². The number of carbonyl (C=O) groups is 1. The second-order valence-corrected chi connectivity index (χ2v) is 9.36. The first-order valence-electron chi connectivity index (χ1n) is 9.75. The summed E-state index contributed by atoms with van der Waals surface area (Å²) < 4.78 is 66.2. The number of esters is 1. The first kappa shape index (κ1) is 24.1. The first-order chi connectivity index (χ1) is 15.2. The van der Waals surface area contributed by atoms with Crippen molar-refractivity contribution in [3.8, 4) is 5.88 Å². The lowest BCUT2D eigenvalue weighted by atomic mass is 10.2. The summed E-state index contributed by atoms with van der Waals surface area (Å²) in [4.78, 5) is 20.2. The molecular weight excluding hydrogens is 466 g/mol. The van der Waals surface area contributed by atoms with Gasteiger partial charge in [-0.1, -0.05) is 23.9 Å². The van der Waals surface area contributed by atoms with Crippen LogP contribution in [0.3, 0.4) is 0 Å². The van der Waals surface area contributed by atoms with Gasteiger partial charge in [-0.15, -0.1) is 0 Å². The normalized spacial score (nSPS) is 15.0. The van der Waals surface area contributed by atoms with Crippen LogP contribution in [0, 0.1) is 11.6 Å². The molecule has 0 bridgehead atoms. The van der Waals surface area contributed by atoms with E-state index in [2.05, 4.69) is 14.7 Å². The maximum Gasteiger partial charge on any atom is 0.347 e. The summed E-state index contributed by atoms with van der Waals surface area (Å²) in [7, 11) is -3.82. The number of aromatic nitrogens is 2. The van der Waals surface area contributed by atoms with Gasteiger partial charge in [-0.05, 0) is 26.3 Å². The zero-order valence-corrected chi connectivity index (χ0v) is 19.0. The van der Waals surface area contributed by atoms with Gasteiger partial charge in [-0.2, -0.15) is 17.7 Å². The van der Waals surface area contributed by atoms with Crippen LogP contribution in [0.15, 0.2) is 29.4 Å². The van der Waals surface area contributed by atoms with Crippen molar-refractivity contribution in [3.05, 3.63) is 41.5 Å².